The van der Waals surface area contributed by atoms with Crippen molar-refractivity contribution in [3.8, 4) is 0 Å². The lowest BCUT2D eigenvalue weighted by atomic mass is 9.79. The third kappa shape index (κ3) is 2.55. The summed E-state index contributed by atoms with van der Waals surface area (Å²) in [6.07, 6.45) is 7.55. The van der Waals surface area contributed by atoms with Crippen molar-refractivity contribution in [1.29, 1.82) is 0 Å². The molecule has 1 heterocycles. The van der Waals surface area contributed by atoms with Crippen LogP contribution in [0.4, 0.5) is 0 Å². The fourth-order valence-electron chi connectivity index (χ4n) is 2.77. The molecule has 0 atom stereocenters. The molecule has 1 saturated heterocycles. The molecule has 0 aromatic rings. The van der Waals surface area contributed by atoms with Crippen LogP contribution in [0.2, 0.25) is 0 Å². The van der Waals surface area contributed by atoms with E-state index >= 15 is 0 Å². The predicted molar refractivity (Wildman–Crippen MR) is 61.8 cm³/mol. The first kappa shape index (κ1) is 11.9. The molecule has 1 aliphatic carbocycles. The van der Waals surface area contributed by atoms with Crippen molar-refractivity contribution in [2.45, 2.75) is 50.5 Å². The van der Waals surface area contributed by atoms with Gasteiger partial charge in [0.2, 0.25) is 5.91 Å². The Bertz CT molecular complexity index is 243. The summed E-state index contributed by atoms with van der Waals surface area (Å²) in [5.74, 6) is 0.147. The van der Waals surface area contributed by atoms with Crippen LogP contribution in [-0.4, -0.2) is 36.7 Å². The van der Waals surface area contributed by atoms with E-state index in [-0.39, 0.29) is 11.4 Å². The van der Waals surface area contributed by atoms with Crippen LogP contribution in [0.3, 0.4) is 0 Å². The molecule has 0 unspecified atom stereocenters. The smallest absolute Gasteiger partial charge is 0.247 e. The summed E-state index contributed by atoms with van der Waals surface area (Å²) in [7, 11) is 1.98. The highest BCUT2D eigenvalue weighted by atomic mass is 16.7. The maximum absolute atomic E-state index is 12.0. The molecule has 0 bridgehead atoms. The van der Waals surface area contributed by atoms with Gasteiger partial charge in [0.05, 0.1) is 13.2 Å². The predicted octanol–water partition coefficient (Wildman–Crippen LogP) is 1.46. The van der Waals surface area contributed by atoms with Crippen LogP contribution < -0.4 is 5.32 Å². The van der Waals surface area contributed by atoms with Crippen molar-refractivity contribution >= 4 is 5.91 Å². The van der Waals surface area contributed by atoms with E-state index in [1.807, 2.05) is 7.05 Å². The zero-order valence-electron chi connectivity index (χ0n) is 10.1. The molecule has 0 aromatic carbocycles. The zero-order valence-corrected chi connectivity index (χ0v) is 10.1. The minimum absolute atomic E-state index is 0.0291. The van der Waals surface area contributed by atoms with Gasteiger partial charge in [0.1, 0.15) is 0 Å². The molecular formula is C12H22N2O2. The van der Waals surface area contributed by atoms with Gasteiger partial charge in [-0.05, 0) is 26.3 Å². The zero-order chi connectivity index (χ0) is 11.4. The van der Waals surface area contributed by atoms with E-state index in [2.05, 4.69) is 5.32 Å². The van der Waals surface area contributed by atoms with Crippen LogP contribution >= 0.6 is 0 Å². The number of carbonyl (C=O) groups is 1. The summed E-state index contributed by atoms with van der Waals surface area (Å²) < 4.78 is 0. The molecule has 0 aromatic heterocycles. The van der Waals surface area contributed by atoms with Crippen LogP contribution in [-0.2, 0) is 9.63 Å². The minimum Gasteiger partial charge on any atom is -0.314 e. The second kappa shape index (κ2) is 5.15. The summed E-state index contributed by atoms with van der Waals surface area (Å²) in [6, 6.07) is 0. The first-order valence-corrected chi connectivity index (χ1v) is 6.38. The fraction of sp³-hybridized carbons (Fsp3) is 0.917. The molecule has 1 N–H and O–H groups in total. The van der Waals surface area contributed by atoms with E-state index in [1.165, 1.54) is 19.3 Å². The summed E-state index contributed by atoms with van der Waals surface area (Å²) in [5.41, 5.74) is 0.0291. The fourth-order valence-corrected chi connectivity index (χ4v) is 2.77. The van der Waals surface area contributed by atoms with E-state index in [0.717, 1.165) is 25.8 Å². The van der Waals surface area contributed by atoms with Gasteiger partial charge >= 0.3 is 0 Å². The van der Waals surface area contributed by atoms with E-state index in [4.69, 9.17) is 4.84 Å². The quantitative estimate of drug-likeness (QED) is 0.792. The Hall–Kier alpha value is -0.610. The molecule has 1 saturated carbocycles. The SMILES string of the molecule is CNC1(CC(=O)N2CCCO2)CCCCC1. The highest BCUT2D eigenvalue weighted by molar-refractivity contribution is 5.76. The second-order valence-electron chi connectivity index (χ2n) is 4.95. The number of rotatable bonds is 3. The van der Waals surface area contributed by atoms with Gasteiger partial charge in [-0.2, -0.15) is 0 Å². The molecule has 4 heteroatoms. The van der Waals surface area contributed by atoms with Gasteiger partial charge in [-0.1, -0.05) is 19.3 Å². The number of amides is 1. The maximum Gasteiger partial charge on any atom is 0.247 e. The Morgan fingerprint density at radius 2 is 2.06 bits per heavy atom. The lowest BCUT2D eigenvalue weighted by Gasteiger charge is -2.37. The highest BCUT2D eigenvalue weighted by Crippen LogP contribution is 2.31. The lowest BCUT2D eigenvalue weighted by Crippen LogP contribution is -2.48. The minimum atomic E-state index is 0.0291. The largest absolute Gasteiger partial charge is 0.314 e. The standard InChI is InChI=1S/C12H22N2O2/c1-13-12(6-3-2-4-7-12)10-11(15)14-8-5-9-16-14/h13H,2-10H2,1H3. The number of nitrogens with one attached hydrogen (secondary N) is 1. The van der Waals surface area contributed by atoms with Gasteiger partial charge in [-0.3, -0.25) is 9.63 Å². The Balaban J connectivity index is 1.91. The Kier molecular flexibility index (Phi) is 3.82. The van der Waals surface area contributed by atoms with E-state index in [9.17, 15) is 4.79 Å². The Labute approximate surface area is 97.3 Å². The van der Waals surface area contributed by atoms with Gasteiger partial charge in [-0.15, -0.1) is 0 Å². The summed E-state index contributed by atoms with van der Waals surface area (Å²) in [4.78, 5) is 17.3. The number of hydroxylamine groups is 2. The maximum atomic E-state index is 12.0. The van der Waals surface area contributed by atoms with E-state index in [1.54, 1.807) is 5.06 Å². The molecular weight excluding hydrogens is 204 g/mol. The number of hydrogen-bond acceptors (Lipinski definition) is 3. The monoisotopic (exact) mass is 226 g/mol. The first-order valence-electron chi connectivity index (χ1n) is 6.38. The lowest BCUT2D eigenvalue weighted by molar-refractivity contribution is -0.170. The molecule has 4 nitrogen and oxygen atoms in total. The molecule has 0 radical (unpaired) electrons. The van der Waals surface area contributed by atoms with Crippen molar-refractivity contribution in [3.63, 3.8) is 0 Å². The molecule has 2 aliphatic rings. The van der Waals surface area contributed by atoms with Gasteiger partial charge in [0.25, 0.3) is 0 Å². The van der Waals surface area contributed by atoms with Crippen LogP contribution in [0.1, 0.15) is 44.9 Å². The second-order valence-corrected chi connectivity index (χ2v) is 4.95. The Morgan fingerprint density at radius 3 is 2.62 bits per heavy atom. The molecule has 92 valence electrons. The molecule has 2 rings (SSSR count). The molecule has 2 fully saturated rings. The van der Waals surface area contributed by atoms with Crippen molar-refractivity contribution in [1.82, 2.24) is 10.4 Å². The third-order valence-corrected chi connectivity index (χ3v) is 3.86. The average molecular weight is 226 g/mol. The van der Waals surface area contributed by atoms with Crippen molar-refractivity contribution in [3.05, 3.63) is 0 Å². The van der Waals surface area contributed by atoms with Crippen LogP contribution in [0, 0.1) is 0 Å². The van der Waals surface area contributed by atoms with Crippen LogP contribution in [0.5, 0.6) is 0 Å². The topological polar surface area (TPSA) is 41.6 Å². The summed E-state index contributed by atoms with van der Waals surface area (Å²) in [6.45, 7) is 1.46. The third-order valence-electron chi connectivity index (χ3n) is 3.86. The molecule has 0 spiro atoms. The number of carbonyl (C=O) groups excluding carboxylic acids is 1. The summed E-state index contributed by atoms with van der Waals surface area (Å²) in [5, 5.41) is 4.92. The van der Waals surface area contributed by atoms with Crippen LogP contribution in [0.15, 0.2) is 0 Å². The highest BCUT2D eigenvalue weighted by Gasteiger charge is 2.35. The Morgan fingerprint density at radius 1 is 1.31 bits per heavy atom. The van der Waals surface area contributed by atoms with Gasteiger partial charge in [-0.25, -0.2) is 5.06 Å². The molecule has 16 heavy (non-hydrogen) atoms. The summed E-state index contributed by atoms with van der Waals surface area (Å²) >= 11 is 0. The van der Waals surface area contributed by atoms with Gasteiger partial charge in [0, 0.05) is 12.0 Å². The first-order chi connectivity index (χ1) is 7.76. The molecule has 1 aliphatic heterocycles. The van der Waals surface area contributed by atoms with Crippen molar-refractivity contribution in [2.75, 3.05) is 20.2 Å². The van der Waals surface area contributed by atoms with Gasteiger partial charge < -0.3 is 5.32 Å². The van der Waals surface area contributed by atoms with Gasteiger partial charge in [0.15, 0.2) is 0 Å². The number of hydrogen-bond donors (Lipinski definition) is 1. The normalized spacial score (nSPS) is 24.7. The van der Waals surface area contributed by atoms with E-state index < -0.39 is 0 Å². The number of nitrogens with zero attached hydrogens (tertiary/aromatic N) is 1. The molecule has 1 amide bonds. The average Bonchev–Trinajstić information content (AvgIpc) is 2.84. The van der Waals surface area contributed by atoms with Crippen molar-refractivity contribution in [2.24, 2.45) is 0 Å². The van der Waals surface area contributed by atoms with Crippen LogP contribution in [0.25, 0.3) is 0 Å². The van der Waals surface area contributed by atoms with Crippen molar-refractivity contribution < 1.29 is 9.63 Å². The van der Waals surface area contributed by atoms with E-state index in [0.29, 0.717) is 13.0 Å².